The molecule has 29 heavy (non-hydrogen) atoms. The second kappa shape index (κ2) is 8.32. The lowest BCUT2D eigenvalue weighted by molar-refractivity contribution is 0.0142. The fourth-order valence-electron chi connectivity index (χ4n) is 3.74. The van der Waals surface area contributed by atoms with Crippen LogP contribution >= 0.6 is 0 Å². The third-order valence-electron chi connectivity index (χ3n) is 5.34. The summed E-state index contributed by atoms with van der Waals surface area (Å²) in [6.07, 6.45) is 4.31. The Balaban J connectivity index is 1.60. The van der Waals surface area contributed by atoms with Crippen molar-refractivity contribution in [2.75, 3.05) is 32.6 Å². The van der Waals surface area contributed by atoms with Crippen LogP contribution in [0.1, 0.15) is 12.0 Å². The summed E-state index contributed by atoms with van der Waals surface area (Å²) >= 11 is 0. The van der Waals surface area contributed by atoms with Gasteiger partial charge in [0.2, 0.25) is 0 Å². The van der Waals surface area contributed by atoms with E-state index < -0.39 is 5.82 Å². The van der Waals surface area contributed by atoms with Gasteiger partial charge in [-0.15, -0.1) is 0 Å². The van der Waals surface area contributed by atoms with Gasteiger partial charge in [-0.25, -0.2) is 13.9 Å². The average Bonchev–Trinajstić information content (AvgIpc) is 3.14. The highest BCUT2D eigenvalue weighted by atomic mass is 19.1. The summed E-state index contributed by atoms with van der Waals surface area (Å²) in [5.74, 6) is 0.405. The maximum atomic E-state index is 13.7. The van der Waals surface area contributed by atoms with Crippen molar-refractivity contribution >= 4 is 17.0 Å². The molecule has 0 amide bonds. The zero-order valence-electron chi connectivity index (χ0n) is 16.5. The van der Waals surface area contributed by atoms with Crippen molar-refractivity contribution in [3.05, 3.63) is 48.2 Å². The third kappa shape index (κ3) is 4.02. The Labute approximate surface area is 168 Å². The summed E-state index contributed by atoms with van der Waals surface area (Å²) in [4.78, 5) is 6.73. The molecule has 0 aliphatic carbocycles. The van der Waals surface area contributed by atoms with E-state index >= 15 is 0 Å². The molecule has 2 aromatic heterocycles. The van der Waals surface area contributed by atoms with E-state index in [4.69, 9.17) is 15.2 Å². The number of aromatic nitrogens is 3. The molecule has 1 aliphatic heterocycles. The molecular formula is C20H25FN6O2. The van der Waals surface area contributed by atoms with E-state index in [1.807, 2.05) is 12.3 Å². The fraction of sp³-hybridized carbons (Fsp3) is 0.400. The number of likely N-dealkylation sites (tertiary alicyclic amines) is 1. The summed E-state index contributed by atoms with van der Waals surface area (Å²) in [6, 6.07) is 6.72. The summed E-state index contributed by atoms with van der Waals surface area (Å²) in [5.41, 5.74) is 8.78. The number of hydrogen-bond donors (Lipinski definition) is 2. The van der Waals surface area contributed by atoms with E-state index in [0.717, 1.165) is 37.1 Å². The molecule has 1 aromatic carbocycles. The van der Waals surface area contributed by atoms with Crippen molar-refractivity contribution in [2.24, 2.45) is 5.73 Å². The standard InChI is InChI=1S/C20H25FN6O2/c1-28-17-9-14(3-4-15(17)21)25-20-19-13(5-8-27(19)24-12-23-20)10-26-7-6-16(22)18(11-26)29-2/h3-5,8-9,12,16,18H,6-7,10-11,22H2,1-2H3,(H,23,24,25)/t16-,18-/m1/s1. The van der Waals surface area contributed by atoms with E-state index in [1.165, 1.54) is 19.5 Å². The predicted octanol–water partition coefficient (Wildman–Crippen LogP) is 2.17. The van der Waals surface area contributed by atoms with E-state index in [9.17, 15) is 4.39 Å². The van der Waals surface area contributed by atoms with Crippen LogP contribution in [-0.2, 0) is 11.3 Å². The summed E-state index contributed by atoms with van der Waals surface area (Å²) in [7, 11) is 3.14. The summed E-state index contributed by atoms with van der Waals surface area (Å²) in [6.45, 7) is 2.42. The number of anilines is 2. The number of methoxy groups -OCH3 is 2. The molecule has 4 rings (SSSR count). The Kier molecular flexibility index (Phi) is 5.61. The first kappa shape index (κ1) is 19.6. The highest BCUT2D eigenvalue weighted by Gasteiger charge is 2.27. The second-order valence-electron chi connectivity index (χ2n) is 7.18. The first-order chi connectivity index (χ1) is 14.1. The van der Waals surface area contributed by atoms with Crippen molar-refractivity contribution in [3.63, 3.8) is 0 Å². The van der Waals surface area contributed by atoms with Crippen LogP contribution < -0.4 is 15.8 Å². The Morgan fingerprint density at radius 3 is 2.97 bits per heavy atom. The highest BCUT2D eigenvalue weighted by Crippen LogP contribution is 2.28. The van der Waals surface area contributed by atoms with Crippen LogP contribution in [0.3, 0.4) is 0 Å². The minimum atomic E-state index is -0.412. The minimum absolute atomic E-state index is 0.0261. The molecule has 3 heterocycles. The molecular weight excluding hydrogens is 375 g/mol. The number of nitrogens with two attached hydrogens (primary N) is 1. The van der Waals surface area contributed by atoms with Gasteiger partial charge in [0.1, 0.15) is 11.8 Å². The summed E-state index contributed by atoms with van der Waals surface area (Å²) < 4.78 is 26.1. The van der Waals surface area contributed by atoms with Gasteiger partial charge in [-0.05, 0) is 30.2 Å². The van der Waals surface area contributed by atoms with E-state index in [2.05, 4.69) is 20.3 Å². The van der Waals surface area contributed by atoms with E-state index in [1.54, 1.807) is 23.8 Å². The molecule has 3 N–H and O–H groups in total. The number of hydrogen-bond acceptors (Lipinski definition) is 7. The van der Waals surface area contributed by atoms with Gasteiger partial charge in [0.05, 0.1) is 13.2 Å². The average molecular weight is 400 g/mol. The molecule has 1 saturated heterocycles. The fourth-order valence-corrected chi connectivity index (χ4v) is 3.74. The number of rotatable bonds is 6. The Morgan fingerprint density at radius 1 is 1.31 bits per heavy atom. The van der Waals surface area contributed by atoms with Gasteiger partial charge < -0.3 is 20.5 Å². The number of nitrogens with zero attached hydrogens (tertiary/aromatic N) is 4. The number of ether oxygens (including phenoxy) is 2. The molecule has 3 aromatic rings. The van der Waals surface area contributed by atoms with E-state index in [0.29, 0.717) is 11.5 Å². The molecule has 1 fully saturated rings. The van der Waals surface area contributed by atoms with Crippen molar-refractivity contribution in [1.82, 2.24) is 19.5 Å². The van der Waals surface area contributed by atoms with Crippen LogP contribution in [0.25, 0.3) is 5.52 Å². The first-order valence-corrected chi connectivity index (χ1v) is 9.51. The van der Waals surface area contributed by atoms with Crippen LogP contribution in [0.2, 0.25) is 0 Å². The smallest absolute Gasteiger partial charge is 0.165 e. The highest BCUT2D eigenvalue weighted by molar-refractivity contribution is 5.76. The number of fused-ring (bicyclic) bond motifs is 1. The molecule has 0 unspecified atom stereocenters. The van der Waals surface area contributed by atoms with Crippen molar-refractivity contribution < 1.29 is 13.9 Å². The third-order valence-corrected chi connectivity index (χ3v) is 5.34. The molecule has 0 saturated carbocycles. The quantitative estimate of drug-likeness (QED) is 0.655. The van der Waals surface area contributed by atoms with Gasteiger partial charge in [0.15, 0.2) is 17.4 Å². The van der Waals surface area contributed by atoms with Gasteiger partial charge in [0.25, 0.3) is 0 Å². The van der Waals surface area contributed by atoms with Crippen LogP contribution in [0.4, 0.5) is 15.9 Å². The predicted molar refractivity (Wildman–Crippen MR) is 108 cm³/mol. The number of benzene rings is 1. The van der Waals surface area contributed by atoms with Crippen LogP contribution in [0.5, 0.6) is 5.75 Å². The Hall–Kier alpha value is -2.75. The number of piperidine rings is 1. The number of nitrogens with one attached hydrogen (secondary N) is 1. The summed E-state index contributed by atoms with van der Waals surface area (Å²) in [5, 5.41) is 7.56. The molecule has 0 bridgehead atoms. The molecule has 9 heteroatoms. The lowest BCUT2D eigenvalue weighted by Gasteiger charge is -2.35. The van der Waals surface area contributed by atoms with Crippen molar-refractivity contribution in [1.29, 1.82) is 0 Å². The SMILES string of the molecule is COc1cc(Nc2ncnn3ccc(CN4CC[C@@H](N)[C@H](OC)C4)c23)ccc1F. The first-order valence-electron chi connectivity index (χ1n) is 9.51. The maximum absolute atomic E-state index is 13.7. The van der Waals surface area contributed by atoms with Crippen molar-refractivity contribution in [3.8, 4) is 5.75 Å². The molecule has 8 nitrogen and oxygen atoms in total. The van der Waals surface area contributed by atoms with Gasteiger partial charge in [0, 0.05) is 50.7 Å². The molecule has 154 valence electrons. The van der Waals surface area contributed by atoms with E-state index in [-0.39, 0.29) is 17.9 Å². The normalized spacial score (nSPS) is 20.1. The second-order valence-corrected chi connectivity index (χ2v) is 7.18. The maximum Gasteiger partial charge on any atom is 0.165 e. The molecule has 2 atom stereocenters. The Bertz CT molecular complexity index is 994. The van der Waals surface area contributed by atoms with Gasteiger partial charge in [-0.3, -0.25) is 4.90 Å². The van der Waals surface area contributed by atoms with Crippen LogP contribution in [0, 0.1) is 5.82 Å². The van der Waals surface area contributed by atoms with Gasteiger partial charge in [-0.1, -0.05) is 0 Å². The Morgan fingerprint density at radius 2 is 2.17 bits per heavy atom. The largest absolute Gasteiger partial charge is 0.494 e. The number of halogens is 1. The molecule has 0 spiro atoms. The van der Waals surface area contributed by atoms with Gasteiger partial charge in [-0.2, -0.15) is 5.10 Å². The minimum Gasteiger partial charge on any atom is -0.494 e. The topological polar surface area (TPSA) is 89.9 Å². The van der Waals surface area contributed by atoms with Gasteiger partial charge >= 0.3 is 0 Å². The van der Waals surface area contributed by atoms with Crippen LogP contribution in [0.15, 0.2) is 36.8 Å². The van der Waals surface area contributed by atoms with Crippen LogP contribution in [-0.4, -0.2) is 59.0 Å². The molecule has 1 aliphatic rings. The molecule has 0 radical (unpaired) electrons. The monoisotopic (exact) mass is 400 g/mol. The lowest BCUT2D eigenvalue weighted by atomic mass is 10.0. The zero-order valence-corrected chi connectivity index (χ0v) is 16.5. The lowest BCUT2D eigenvalue weighted by Crippen LogP contribution is -2.51. The van der Waals surface area contributed by atoms with Crippen molar-refractivity contribution in [2.45, 2.75) is 25.1 Å². The zero-order chi connectivity index (χ0) is 20.4.